The number of terminal acetylenes is 1. The largest absolute Gasteiger partial charge is 0.394 e. The molecular formula is C27H33N3O3. The second kappa shape index (κ2) is 14.7. The summed E-state index contributed by atoms with van der Waals surface area (Å²) in [6.07, 6.45) is 12.0. The lowest BCUT2D eigenvalue weighted by molar-refractivity contribution is -0.123. The highest BCUT2D eigenvalue weighted by molar-refractivity contribution is 5.76. The van der Waals surface area contributed by atoms with Crippen LogP contribution < -0.4 is 5.32 Å². The third kappa shape index (κ3) is 9.82. The highest BCUT2D eigenvalue weighted by Crippen LogP contribution is 2.20. The fraction of sp³-hybridized carbons (Fsp3) is 0.370. The molecule has 174 valence electrons. The van der Waals surface area contributed by atoms with E-state index in [0.29, 0.717) is 19.3 Å². The lowest BCUT2D eigenvalue weighted by atomic mass is 10.1. The standard InChI is InChI=1S/C27H33N3O3/c1-3-5-6-7-9-27(33)28-25(20-31)26(32)19-14-22-12-17-24(18-13-22)30-29-23-15-10-21(8-4-2)11-16-23/h1,10-19,25-26,31-32H,4-9,20H2,2H3,(H,28,33)/b19-14+,30-29?/t25-,26+/m0/s1. The molecule has 0 aromatic heterocycles. The maximum Gasteiger partial charge on any atom is 0.220 e. The molecule has 0 saturated heterocycles. The monoisotopic (exact) mass is 447 g/mol. The van der Waals surface area contributed by atoms with Gasteiger partial charge in [0.15, 0.2) is 0 Å². The van der Waals surface area contributed by atoms with E-state index in [1.54, 1.807) is 12.2 Å². The zero-order valence-electron chi connectivity index (χ0n) is 19.2. The van der Waals surface area contributed by atoms with Crippen LogP contribution in [-0.4, -0.2) is 34.9 Å². The molecule has 2 rings (SSSR count). The van der Waals surface area contributed by atoms with Gasteiger partial charge in [0, 0.05) is 12.8 Å². The molecule has 0 aliphatic carbocycles. The van der Waals surface area contributed by atoms with Gasteiger partial charge in [-0.1, -0.05) is 49.8 Å². The van der Waals surface area contributed by atoms with Gasteiger partial charge in [0.2, 0.25) is 5.91 Å². The molecule has 0 aliphatic heterocycles. The average molecular weight is 448 g/mol. The number of aryl methyl sites for hydroxylation is 1. The molecular weight excluding hydrogens is 414 g/mol. The number of unbranched alkanes of at least 4 members (excludes halogenated alkanes) is 2. The first-order chi connectivity index (χ1) is 16.0. The lowest BCUT2D eigenvalue weighted by Crippen LogP contribution is -2.45. The molecule has 1 amide bonds. The number of carbonyl (C=O) groups excluding carboxylic acids is 1. The molecule has 0 bridgehead atoms. The lowest BCUT2D eigenvalue weighted by Gasteiger charge is -2.19. The highest BCUT2D eigenvalue weighted by atomic mass is 16.3. The Labute approximate surface area is 196 Å². The van der Waals surface area contributed by atoms with Gasteiger partial charge in [-0.3, -0.25) is 4.79 Å². The predicted molar refractivity (Wildman–Crippen MR) is 132 cm³/mol. The Kier molecular flexibility index (Phi) is 11.6. The molecule has 2 aromatic rings. The summed E-state index contributed by atoms with van der Waals surface area (Å²) in [5, 5.41) is 31.0. The van der Waals surface area contributed by atoms with Gasteiger partial charge in [-0.15, -0.1) is 12.3 Å². The van der Waals surface area contributed by atoms with Crippen molar-refractivity contribution in [3.8, 4) is 12.3 Å². The molecule has 2 aromatic carbocycles. The molecule has 33 heavy (non-hydrogen) atoms. The minimum absolute atomic E-state index is 0.215. The number of carbonyl (C=O) groups is 1. The summed E-state index contributed by atoms with van der Waals surface area (Å²) >= 11 is 0. The molecule has 0 spiro atoms. The van der Waals surface area contributed by atoms with Crippen LogP contribution in [0.3, 0.4) is 0 Å². The minimum atomic E-state index is -1.01. The maximum atomic E-state index is 12.0. The molecule has 0 unspecified atom stereocenters. The first-order valence-electron chi connectivity index (χ1n) is 11.4. The van der Waals surface area contributed by atoms with Gasteiger partial charge in [0.1, 0.15) is 0 Å². The summed E-state index contributed by atoms with van der Waals surface area (Å²) in [7, 11) is 0. The van der Waals surface area contributed by atoms with Crippen molar-refractivity contribution >= 4 is 23.4 Å². The van der Waals surface area contributed by atoms with Crippen LogP contribution in [0.2, 0.25) is 0 Å². The number of aliphatic hydroxyl groups is 2. The van der Waals surface area contributed by atoms with E-state index in [2.05, 4.69) is 40.5 Å². The molecule has 0 fully saturated rings. The van der Waals surface area contributed by atoms with Crippen molar-refractivity contribution in [1.29, 1.82) is 0 Å². The van der Waals surface area contributed by atoms with Gasteiger partial charge in [0.25, 0.3) is 0 Å². The Hall–Kier alpha value is -3.27. The number of hydrogen-bond donors (Lipinski definition) is 3. The number of benzene rings is 2. The van der Waals surface area contributed by atoms with E-state index in [1.165, 1.54) is 5.56 Å². The fourth-order valence-corrected chi connectivity index (χ4v) is 3.16. The molecule has 0 radical (unpaired) electrons. The van der Waals surface area contributed by atoms with Crippen LogP contribution in [0, 0.1) is 12.3 Å². The van der Waals surface area contributed by atoms with E-state index in [1.807, 2.05) is 36.4 Å². The summed E-state index contributed by atoms with van der Waals surface area (Å²) in [6.45, 7) is 1.79. The van der Waals surface area contributed by atoms with E-state index in [-0.39, 0.29) is 12.5 Å². The highest BCUT2D eigenvalue weighted by Gasteiger charge is 2.18. The van der Waals surface area contributed by atoms with E-state index < -0.39 is 12.1 Å². The predicted octanol–water partition coefficient (Wildman–Crippen LogP) is 5.10. The van der Waals surface area contributed by atoms with Crippen molar-refractivity contribution in [2.24, 2.45) is 10.2 Å². The van der Waals surface area contributed by atoms with Crippen molar-refractivity contribution in [3.05, 3.63) is 65.7 Å². The van der Waals surface area contributed by atoms with Crippen molar-refractivity contribution in [2.75, 3.05) is 6.61 Å². The molecule has 0 saturated carbocycles. The summed E-state index contributed by atoms with van der Waals surface area (Å²) in [5.41, 5.74) is 3.66. The van der Waals surface area contributed by atoms with Gasteiger partial charge in [-0.2, -0.15) is 10.2 Å². The zero-order chi connectivity index (χ0) is 23.9. The summed E-state index contributed by atoms with van der Waals surface area (Å²) in [4.78, 5) is 12.0. The third-order valence-electron chi connectivity index (χ3n) is 5.07. The molecule has 0 aliphatic rings. The molecule has 6 heteroatoms. The van der Waals surface area contributed by atoms with Crippen molar-refractivity contribution in [2.45, 2.75) is 57.6 Å². The SMILES string of the molecule is C#CCCCCC(=O)N[C@@H](CO)[C@H](O)/C=C/c1ccc(N=Nc2ccc(CCC)cc2)cc1. The molecule has 0 heterocycles. The number of nitrogens with one attached hydrogen (secondary N) is 1. The van der Waals surface area contributed by atoms with Crippen LogP contribution in [0.4, 0.5) is 11.4 Å². The van der Waals surface area contributed by atoms with Gasteiger partial charge >= 0.3 is 0 Å². The number of rotatable bonds is 13. The van der Waals surface area contributed by atoms with Gasteiger partial charge < -0.3 is 15.5 Å². The van der Waals surface area contributed by atoms with Crippen LogP contribution in [0.15, 0.2) is 64.8 Å². The van der Waals surface area contributed by atoms with E-state index >= 15 is 0 Å². The Morgan fingerprint density at radius 1 is 1.09 bits per heavy atom. The molecule has 2 atom stereocenters. The number of aliphatic hydroxyl groups excluding tert-OH is 2. The Bertz CT molecular complexity index is 944. The number of hydrogen-bond acceptors (Lipinski definition) is 5. The fourth-order valence-electron chi connectivity index (χ4n) is 3.16. The first kappa shape index (κ1) is 26.0. The second-order valence-corrected chi connectivity index (χ2v) is 7.83. The number of azo groups is 1. The Balaban J connectivity index is 1.87. The van der Waals surface area contributed by atoms with Gasteiger partial charge in [0.05, 0.1) is 30.1 Å². The van der Waals surface area contributed by atoms with Crippen molar-refractivity contribution < 1.29 is 15.0 Å². The normalized spacial score (nSPS) is 13.2. The smallest absolute Gasteiger partial charge is 0.220 e. The molecule has 6 nitrogen and oxygen atoms in total. The number of amides is 1. The Morgan fingerprint density at radius 2 is 1.73 bits per heavy atom. The van der Waals surface area contributed by atoms with E-state index in [9.17, 15) is 15.0 Å². The van der Waals surface area contributed by atoms with E-state index in [0.717, 1.165) is 36.2 Å². The summed E-state index contributed by atoms with van der Waals surface area (Å²) in [6, 6.07) is 14.7. The van der Waals surface area contributed by atoms with Gasteiger partial charge in [-0.05, 0) is 54.7 Å². The zero-order valence-corrected chi connectivity index (χ0v) is 19.2. The van der Waals surface area contributed by atoms with Crippen molar-refractivity contribution in [1.82, 2.24) is 5.32 Å². The van der Waals surface area contributed by atoms with Crippen molar-refractivity contribution in [3.63, 3.8) is 0 Å². The topological polar surface area (TPSA) is 94.3 Å². The van der Waals surface area contributed by atoms with Gasteiger partial charge in [-0.25, -0.2) is 0 Å². The third-order valence-corrected chi connectivity index (χ3v) is 5.07. The quantitative estimate of drug-likeness (QED) is 0.226. The van der Waals surface area contributed by atoms with Crippen LogP contribution >= 0.6 is 0 Å². The van der Waals surface area contributed by atoms with E-state index in [4.69, 9.17) is 6.42 Å². The van der Waals surface area contributed by atoms with Crippen LogP contribution in [0.1, 0.15) is 50.2 Å². The summed E-state index contributed by atoms with van der Waals surface area (Å²) < 4.78 is 0. The summed E-state index contributed by atoms with van der Waals surface area (Å²) in [5.74, 6) is 2.32. The Morgan fingerprint density at radius 3 is 2.30 bits per heavy atom. The molecule has 3 N–H and O–H groups in total. The maximum absolute atomic E-state index is 12.0. The second-order valence-electron chi connectivity index (χ2n) is 7.83. The minimum Gasteiger partial charge on any atom is -0.394 e. The number of nitrogens with zero attached hydrogens (tertiary/aromatic N) is 2. The van der Waals surface area contributed by atoms with Crippen LogP contribution in [-0.2, 0) is 11.2 Å². The average Bonchev–Trinajstić information content (AvgIpc) is 2.84. The van der Waals surface area contributed by atoms with Crippen LogP contribution in [0.25, 0.3) is 6.08 Å². The first-order valence-corrected chi connectivity index (χ1v) is 11.4. The van der Waals surface area contributed by atoms with Crippen LogP contribution in [0.5, 0.6) is 0 Å².